The van der Waals surface area contributed by atoms with E-state index in [1.165, 1.54) is 5.38 Å². The molecule has 3 N–H and O–H groups in total. The molecule has 120 valence electrons. The van der Waals surface area contributed by atoms with Gasteiger partial charge in [-0.05, 0) is 18.8 Å². The Balaban J connectivity index is 1.98. The molecule has 1 aliphatic carbocycles. The quantitative estimate of drug-likeness (QED) is 0.707. The Morgan fingerprint density at radius 2 is 2.14 bits per heavy atom. The zero-order valence-corrected chi connectivity index (χ0v) is 13.3. The summed E-state index contributed by atoms with van der Waals surface area (Å²) < 4.78 is 0. The fraction of sp³-hybridized carbons (Fsp3) is 0.571. The minimum atomic E-state index is -1.07. The third-order valence-electron chi connectivity index (χ3n) is 3.68. The molecular weight excluding hydrogens is 306 g/mol. The van der Waals surface area contributed by atoms with Crippen LogP contribution >= 0.6 is 11.3 Å². The van der Waals surface area contributed by atoms with Gasteiger partial charge in [0.1, 0.15) is 11.7 Å². The van der Waals surface area contributed by atoms with Gasteiger partial charge in [0.2, 0.25) is 5.91 Å². The van der Waals surface area contributed by atoms with Gasteiger partial charge in [0.25, 0.3) is 5.91 Å². The van der Waals surface area contributed by atoms with Gasteiger partial charge in [-0.25, -0.2) is 9.78 Å². The molecule has 1 saturated carbocycles. The predicted octanol–water partition coefficient (Wildman–Crippen LogP) is 1.72. The average Bonchev–Trinajstić information content (AvgIpc) is 3.23. The molecule has 0 aromatic carbocycles. The summed E-state index contributed by atoms with van der Waals surface area (Å²) in [7, 11) is 0. The van der Waals surface area contributed by atoms with E-state index in [4.69, 9.17) is 0 Å². The Kier molecular flexibility index (Phi) is 5.12. The van der Waals surface area contributed by atoms with Gasteiger partial charge in [-0.2, -0.15) is 0 Å². The maximum absolute atomic E-state index is 12.1. The molecule has 1 heterocycles. The molecule has 0 spiro atoms. The fourth-order valence-electron chi connectivity index (χ4n) is 1.89. The van der Waals surface area contributed by atoms with Gasteiger partial charge in [0.05, 0.1) is 0 Å². The number of nitrogens with one attached hydrogen (secondary N) is 2. The molecular formula is C14H19N3O4S. The summed E-state index contributed by atoms with van der Waals surface area (Å²) in [6.45, 7) is 3.63. The summed E-state index contributed by atoms with van der Waals surface area (Å²) in [5, 5.41) is 16.2. The van der Waals surface area contributed by atoms with Gasteiger partial charge in [-0.15, -0.1) is 11.3 Å². The van der Waals surface area contributed by atoms with Gasteiger partial charge >= 0.3 is 5.97 Å². The van der Waals surface area contributed by atoms with Crippen LogP contribution in [0.25, 0.3) is 0 Å². The third kappa shape index (κ3) is 4.03. The van der Waals surface area contributed by atoms with E-state index in [-0.39, 0.29) is 23.4 Å². The second-order valence-electron chi connectivity index (χ2n) is 5.48. The van der Waals surface area contributed by atoms with Crippen molar-refractivity contribution in [3.63, 3.8) is 0 Å². The molecule has 0 bridgehead atoms. The molecule has 0 aliphatic heterocycles. The number of carbonyl (C=O) groups is 3. The lowest BCUT2D eigenvalue weighted by atomic mass is 9.99. The van der Waals surface area contributed by atoms with Crippen molar-refractivity contribution in [3.8, 4) is 0 Å². The zero-order valence-electron chi connectivity index (χ0n) is 12.5. The van der Waals surface area contributed by atoms with Crippen LogP contribution in [-0.4, -0.2) is 33.9 Å². The van der Waals surface area contributed by atoms with Crippen molar-refractivity contribution >= 4 is 34.3 Å². The molecule has 1 fully saturated rings. The van der Waals surface area contributed by atoms with Crippen molar-refractivity contribution in [2.45, 2.75) is 39.2 Å². The van der Waals surface area contributed by atoms with Gasteiger partial charge in [-0.3, -0.25) is 9.59 Å². The number of carboxylic acid groups (broad SMARTS) is 1. The number of carboxylic acids is 1. The third-order valence-corrected chi connectivity index (χ3v) is 4.44. The van der Waals surface area contributed by atoms with E-state index in [0.717, 1.165) is 24.2 Å². The predicted molar refractivity (Wildman–Crippen MR) is 81.8 cm³/mol. The number of anilines is 1. The van der Waals surface area contributed by atoms with Crippen molar-refractivity contribution < 1.29 is 19.5 Å². The number of thiazole rings is 1. The summed E-state index contributed by atoms with van der Waals surface area (Å²) >= 11 is 1.15. The summed E-state index contributed by atoms with van der Waals surface area (Å²) in [6, 6.07) is -0.955. The number of aromatic nitrogens is 1. The highest BCUT2D eigenvalue weighted by Crippen LogP contribution is 2.30. The number of hydrogen-bond acceptors (Lipinski definition) is 5. The number of aliphatic carboxylic acids is 1. The molecule has 1 aromatic heterocycles. The van der Waals surface area contributed by atoms with Crippen molar-refractivity contribution in [1.82, 2.24) is 10.3 Å². The molecule has 2 rings (SSSR count). The SMILES string of the molecule is CCC(C)C(NC(=O)c1csc(NC(=O)C2CC2)n1)C(=O)O. The van der Waals surface area contributed by atoms with E-state index in [2.05, 4.69) is 15.6 Å². The molecule has 2 amide bonds. The Hall–Kier alpha value is -1.96. The van der Waals surface area contributed by atoms with Crippen molar-refractivity contribution in [1.29, 1.82) is 0 Å². The number of carbonyl (C=O) groups excluding carboxylic acids is 2. The summed E-state index contributed by atoms with van der Waals surface area (Å²) in [6.07, 6.45) is 2.41. The lowest BCUT2D eigenvalue weighted by Crippen LogP contribution is -2.45. The average molecular weight is 325 g/mol. The van der Waals surface area contributed by atoms with Crippen LogP contribution < -0.4 is 10.6 Å². The van der Waals surface area contributed by atoms with E-state index in [1.807, 2.05) is 6.92 Å². The van der Waals surface area contributed by atoms with Crippen LogP contribution in [0.2, 0.25) is 0 Å². The van der Waals surface area contributed by atoms with E-state index in [0.29, 0.717) is 11.6 Å². The number of nitrogens with zero attached hydrogens (tertiary/aromatic N) is 1. The molecule has 0 saturated heterocycles. The minimum Gasteiger partial charge on any atom is -0.480 e. The lowest BCUT2D eigenvalue weighted by Gasteiger charge is -2.19. The highest BCUT2D eigenvalue weighted by Gasteiger charge is 2.30. The number of amides is 2. The van der Waals surface area contributed by atoms with Crippen LogP contribution in [0.15, 0.2) is 5.38 Å². The Bertz CT molecular complexity index is 582. The summed E-state index contributed by atoms with van der Waals surface area (Å²) in [5.74, 6) is -1.82. The monoisotopic (exact) mass is 325 g/mol. The van der Waals surface area contributed by atoms with Crippen LogP contribution in [0.4, 0.5) is 5.13 Å². The normalized spacial score (nSPS) is 16.6. The molecule has 8 heteroatoms. The van der Waals surface area contributed by atoms with Crippen molar-refractivity contribution in [2.24, 2.45) is 11.8 Å². The smallest absolute Gasteiger partial charge is 0.326 e. The first-order valence-electron chi connectivity index (χ1n) is 7.22. The highest BCUT2D eigenvalue weighted by atomic mass is 32.1. The van der Waals surface area contributed by atoms with E-state index in [1.54, 1.807) is 6.92 Å². The van der Waals surface area contributed by atoms with Gasteiger partial charge < -0.3 is 15.7 Å². The Morgan fingerprint density at radius 3 is 2.68 bits per heavy atom. The standard InChI is InChI=1S/C14H19N3O4S/c1-3-7(2)10(13(20)21)16-12(19)9-6-22-14(15-9)17-11(18)8-4-5-8/h6-8,10H,3-5H2,1-2H3,(H,16,19)(H,20,21)(H,15,17,18). The summed E-state index contributed by atoms with van der Waals surface area (Å²) in [5.41, 5.74) is 0.116. The van der Waals surface area contributed by atoms with Crippen molar-refractivity contribution in [2.75, 3.05) is 5.32 Å². The molecule has 0 radical (unpaired) electrons. The lowest BCUT2D eigenvalue weighted by molar-refractivity contribution is -0.140. The van der Waals surface area contributed by atoms with Gasteiger partial charge in [0.15, 0.2) is 5.13 Å². The summed E-state index contributed by atoms with van der Waals surface area (Å²) in [4.78, 5) is 39.0. The van der Waals surface area contributed by atoms with Crippen LogP contribution in [0.3, 0.4) is 0 Å². The van der Waals surface area contributed by atoms with Gasteiger partial charge in [-0.1, -0.05) is 20.3 Å². The Labute approximate surface area is 132 Å². The maximum Gasteiger partial charge on any atom is 0.326 e. The van der Waals surface area contributed by atoms with Crippen LogP contribution in [-0.2, 0) is 9.59 Å². The largest absolute Gasteiger partial charge is 0.480 e. The minimum absolute atomic E-state index is 0.0583. The highest BCUT2D eigenvalue weighted by molar-refractivity contribution is 7.14. The first-order chi connectivity index (χ1) is 10.4. The first-order valence-corrected chi connectivity index (χ1v) is 8.10. The van der Waals surface area contributed by atoms with E-state index >= 15 is 0 Å². The Morgan fingerprint density at radius 1 is 1.45 bits per heavy atom. The van der Waals surface area contributed by atoms with Gasteiger partial charge in [0, 0.05) is 11.3 Å². The topological polar surface area (TPSA) is 108 Å². The second-order valence-corrected chi connectivity index (χ2v) is 6.33. The van der Waals surface area contributed by atoms with E-state index in [9.17, 15) is 19.5 Å². The molecule has 1 aliphatic rings. The van der Waals surface area contributed by atoms with Crippen LogP contribution in [0, 0.1) is 11.8 Å². The molecule has 22 heavy (non-hydrogen) atoms. The maximum atomic E-state index is 12.1. The first kappa shape index (κ1) is 16.4. The van der Waals surface area contributed by atoms with Crippen LogP contribution in [0.5, 0.6) is 0 Å². The van der Waals surface area contributed by atoms with Crippen molar-refractivity contribution in [3.05, 3.63) is 11.1 Å². The molecule has 1 aromatic rings. The van der Waals surface area contributed by atoms with Crippen LogP contribution in [0.1, 0.15) is 43.6 Å². The number of hydrogen-bond donors (Lipinski definition) is 3. The van der Waals surface area contributed by atoms with E-state index < -0.39 is 17.9 Å². The molecule has 2 unspecified atom stereocenters. The second kappa shape index (κ2) is 6.87. The molecule has 2 atom stereocenters. The zero-order chi connectivity index (χ0) is 16.3. The number of rotatable bonds is 7. The fourth-order valence-corrected chi connectivity index (χ4v) is 2.58. The molecule has 7 nitrogen and oxygen atoms in total.